The molecular formula is C16H16ClNO2. The van der Waals surface area contributed by atoms with E-state index in [-0.39, 0.29) is 5.91 Å². The molecule has 1 amide bonds. The van der Waals surface area contributed by atoms with Gasteiger partial charge in [-0.15, -0.1) is 0 Å². The number of nitrogens with one attached hydrogen (secondary N) is 1. The molecule has 0 aliphatic rings. The van der Waals surface area contributed by atoms with E-state index in [1.165, 1.54) is 0 Å². The largest absolute Gasteiger partial charge is 0.492 e. The summed E-state index contributed by atoms with van der Waals surface area (Å²) in [5, 5.41) is 3.44. The number of hydrogen-bond acceptors (Lipinski definition) is 2. The lowest BCUT2D eigenvalue weighted by atomic mass is 10.1. The zero-order valence-corrected chi connectivity index (χ0v) is 12.0. The van der Waals surface area contributed by atoms with Crippen molar-refractivity contribution in [2.75, 3.05) is 13.2 Å². The third-order valence-electron chi connectivity index (χ3n) is 2.73. The minimum Gasteiger partial charge on any atom is -0.492 e. The third-order valence-corrected chi connectivity index (χ3v) is 2.97. The van der Waals surface area contributed by atoms with Crippen molar-refractivity contribution in [3.05, 3.63) is 64.7 Å². The monoisotopic (exact) mass is 289 g/mol. The number of aryl methyl sites for hydroxylation is 1. The number of hydrogen-bond donors (Lipinski definition) is 1. The predicted molar refractivity (Wildman–Crippen MR) is 80.5 cm³/mol. The molecule has 0 spiro atoms. The SMILES string of the molecule is Cc1cccc(C(=O)NCCOc2cccc(Cl)c2)c1. The molecule has 2 aromatic carbocycles. The summed E-state index contributed by atoms with van der Waals surface area (Å²) in [5.74, 6) is 0.602. The van der Waals surface area contributed by atoms with Crippen molar-refractivity contribution in [3.63, 3.8) is 0 Å². The minimum atomic E-state index is -0.0941. The number of carbonyl (C=O) groups is 1. The quantitative estimate of drug-likeness (QED) is 0.856. The molecule has 0 aliphatic carbocycles. The molecule has 0 radical (unpaired) electrons. The Morgan fingerprint density at radius 3 is 2.75 bits per heavy atom. The fourth-order valence-electron chi connectivity index (χ4n) is 1.78. The zero-order chi connectivity index (χ0) is 14.4. The van der Waals surface area contributed by atoms with Crippen molar-refractivity contribution in [2.24, 2.45) is 0 Å². The Kier molecular flexibility index (Phi) is 5.02. The van der Waals surface area contributed by atoms with Gasteiger partial charge in [-0.3, -0.25) is 4.79 Å². The summed E-state index contributed by atoms with van der Waals surface area (Å²) in [6, 6.07) is 14.6. The maximum atomic E-state index is 11.9. The Morgan fingerprint density at radius 1 is 1.20 bits per heavy atom. The molecule has 20 heavy (non-hydrogen) atoms. The van der Waals surface area contributed by atoms with Gasteiger partial charge in [0, 0.05) is 10.6 Å². The summed E-state index contributed by atoms with van der Waals surface area (Å²) in [4.78, 5) is 11.9. The second-order valence-corrected chi connectivity index (χ2v) is 4.87. The van der Waals surface area contributed by atoms with Gasteiger partial charge in [-0.2, -0.15) is 0 Å². The van der Waals surface area contributed by atoms with E-state index in [1.807, 2.05) is 37.3 Å². The molecular weight excluding hydrogens is 274 g/mol. The van der Waals surface area contributed by atoms with Crippen LogP contribution in [0.3, 0.4) is 0 Å². The maximum absolute atomic E-state index is 11.9. The summed E-state index contributed by atoms with van der Waals surface area (Å²) in [5.41, 5.74) is 1.72. The van der Waals surface area contributed by atoms with Crippen LogP contribution in [0.2, 0.25) is 5.02 Å². The van der Waals surface area contributed by atoms with Gasteiger partial charge in [0.15, 0.2) is 0 Å². The minimum absolute atomic E-state index is 0.0941. The molecule has 0 fully saturated rings. The topological polar surface area (TPSA) is 38.3 Å². The normalized spacial score (nSPS) is 10.1. The fourth-order valence-corrected chi connectivity index (χ4v) is 1.96. The molecule has 0 aliphatic heterocycles. The number of benzene rings is 2. The third kappa shape index (κ3) is 4.28. The highest BCUT2D eigenvalue weighted by atomic mass is 35.5. The van der Waals surface area contributed by atoms with E-state index >= 15 is 0 Å². The first-order valence-corrected chi connectivity index (χ1v) is 6.76. The van der Waals surface area contributed by atoms with Crippen molar-refractivity contribution < 1.29 is 9.53 Å². The Bertz CT molecular complexity index is 599. The molecule has 0 saturated carbocycles. The molecule has 0 saturated heterocycles. The Morgan fingerprint density at radius 2 is 2.00 bits per heavy atom. The van der Waals surface area contributed by atoms with Crippen molar-refractivity contribution in [1.29, 1.82) is 0 Å². The average Bonchev–Trinajstić information content (AvgIpc) is 2.43. The van der Waals surface area contributed by atoms with E-state index in [0.29, 0.717) is 29.5 Å². The van der Waals surface area contributed by atoms with Crippen LogP contribution in [0.4, 0.5) is 0 Å². The van der Waals surface area contributed by atoms with E-state index in [0.717, 1.165) is 5.56 Å². The second-order valence-electron chi connectivity index (χ2n) is 4.43. The lowest BCUT2D eigenvalue weighted by Gasteiger charge is -2.08. The van der Waals surface area contributed by atoms with Crippen molar-refractivity contribution >= 4 is 17.5 Å². The molecule has 2 aromatic rings. The molecule has 2 rings (SSSR count). The van der Waals surface area contributed by atoms with Crippen LogP contribution in [0.15, 0.2) is 48.5 Å². The number of ether oxygens (including phenoxy) is 1. The van der Waals surface area contributed by atoms with Crippen LogP contribution >= 0.6 is 11.6 Å². The first kappa shape index (κ1) is 14.4. The summed E-state index contributed by atoms with van der Waals surface area (Å²) in [6.07, 6.45) is 0. The van der Waals surface area contributed by atoms with Crippen LogP contribution in [0.5, 0.6) is 5.75 Å². The first-order valence-electron chi connectivity index (χ1n) is 6.38. The molecule has 1 N–H and O–H groups in total. The van der Waals surface area contributed by atoms with Gasteiger partial charge in [-0.25, -0.2) is 0 Å². The van der Waals surface area contributed by atoms with Gasteiger partial charge in [-0.05, 0) is 37.3 Å². The summed E-state index contributed by atoms with van der Waals surface area (Å²) in [7, 11) is 0. The highest BCUT2D eigenvalue weighted by Gasteiger charge is 2.04. The van der Waals surface area contributed by atoms with E-state index in [1.54, 1.807) is 18.2 Å². The lowest BCUT2D eigenvalue weighted by Crippen LogP contribution is -2.28. The molecule has 3 nitrogen and oxygen atoms in total. The van der Waals surface area contributed by atoms with Gasteiger partial charge in [0.25, 0.3) is 5.91 Å². The van der Waals surface area contributed by atoms with Gasteiger partial charge < -0.3 is 10.1 Å². The summed E-state index contributed by atoms with van der Waals surface area (Å²) >= 11 is 5.85. The van der Waals surface area contributed by atoms with E-state index < -0.39 is 0 Å². The Balaban J connectivity index is 1.77. The molecule has 0 bridgehead atoms. The van der Waals surface area contributed by atoms with Crippen LogP contribution < -0.4 is 10.1 Å². The van der Waals surface area contributed by atoms with Crippen molar-refractivity contribution in [2.45, 2.75) is 6.92 Å². The lowest BCUT2D eigenvalue weighted by molar-refractivity contribution is 0.0947. The predicted octanol–water partition coefficient (Wildman–Crippen LogP) is 3.46. The van der Waals surface area contributed by atoms with Gasteiger partial charge in [0.1, 0.15) is 12.4 Å². The van der Waals surface area contributed by atoms with Crippen LogP contribution in [0.1, 0.15) is 15.9 Å². The van der Waals surface area contributed by atoms with E-state index in [2.05, 4.69) is 5.32 Å². The molecule has 0 atom stereocenters. The van der Waals surface area contributed by atoms with Crippen molar-refractivity contribution in [3.8, 4) is 5.75 Å². The smallest absolute Gasteiger partial charge is 0.251 e. The molecule has 4 heteroatoms. The number of carbonyl (C=O) groups excluding carboxylic acids is 1. The van der Waals surface area contributed by atoms with Gasteiger partial charge in [0.05, 0.1) is 6.54 Å². The zero-order valence-electron chi connectivity index (χ0n) is 11.2. The van der Waals surface area contributed by atoms with Crippen LogP contribution in [0, 0.1) is 6.92 Å². The highest BCUT2D eigenvalue weighted by Crippen LogP contribution is 2.16. The molecule has 104 valence electrons. The first-order chi connectivity index (χ1) is 9.65. The number of halogens is 1. The Labute approximate surface area is 123 Å². The van der Waals surface area contributed by atoms with Gasteiger partial charge in [0.2, 0.25) is 0 Å². The molecule has 0 unspecified atom stereocenters. The van der Waals surface area contributed by atoms with Crippen LogP contribution in [0.25, 0.3) is 0 Å². The second kappa shape index (κ2) is 6.96. The number of amides is 1. The summed E-state index contributed by atoms with van der Waals surface area (Å²) in [6.45, 7) is 2.80. The maximum Gasteiger partial charge on any atom is 0.251 e. The van der Waals surface area contributed by atoms with E-state index in [9.17, 15) is 4.79 Å². The van der Waals surface area contributed by atoms with Crippen LogP contribution in [-0.2, 0) is 0 Å². The standard InChI is InChI=1S/C16H16ClNO2/c1-12-4-2-5-13(10-12)16(19)18-8-9-20-15-7-3-6-14(17)11-15/h2-7,10-11H,8-9H2,1H3,(H,18,19). The Hall–Kier alpha value is -2.00. The molecule has 0 heterocycles. The fraction of sp³-hybridized carbons (Fsp3) is 0.188. The van der Waals surface area contributed by atoms with Gasteiger partial charge in [-0.1, -0.05) is 35.4 Å². The van der Waals surface area contributed by atoms with Gasteiger partial charge >= 0.3 is 0 Å². The number of rotatable bonds is 5. The van der Waals surface area contributed by atoms with Crippen LogP contribution in [-0.4, -0.2) is 19.1 Å². The van der Waals surface area contributed by atoms with E-state index in [4.69, 9.17) is 16.3 Å². The highest BCUT2D eigenvalue weighted by molar-refractivity contribution is 6.30. The van der Waals surface area contributed by atoms with Crippen molar-refractivity contribution in [1.82, 2.24) is 5.32 Å². The molecule has 0 aromatic heterocycles. The average molecular weight is 290 g/mol. The summed E-state index contributed by atoms with van der Waals surface area (Å²) < 4.78 is 5.50.